The number of carbonyl (C=O) groups excluding carboxylic acids is 1. The molecule has 0 aromatic carbocycles. The van der Waals surface area contributed by atoms with E-state index in [-0.39, 0.29) is 13.0 Å². The van der Waals surface area contributed by atoms with Crippen molar-refractivity contribution in [3.05, 3.63) is 18.2 Å². The number of aromatic nitrogens is 2. The summed E-state index contributed by atoms with van der Waals surface area (Å²) in [7, 11) is 4.89. The highest BCUT2D eigenvalue weighted by Gasteiger charge is 2.21. The summed E-state index contributed by atoms with van der Waals surface area (Å²) in [6.45, 7) is 0.562. The molecule has 1 rings (SSSR count). The number of carboxylic acid groups (broad SMARTS) is 1. The van der Waals surface area contributed by atoms with E-state index in [0.29, 0.717) is 12.4 Å². The van der Waals surface area contributed by atoms with Gasteiger partial charge in [-0.15, -0.1) is 0 Å². The number of ether oxygens (including phenoxy) is 1. The summed E-state index contributed by atoms with van der Waals surface area (Å²) in [5.74, 6) is -0.368. The lowest BCUT2D eigenvalue weighted by molar-refractivity contribution is -0.139. The van der Waals surface area contributed by atoms with Crippen LogP contribution in [-0.4, -0.2) is 58.4 Å². The van der Waals surface area contributed by atoms with E-state index >= 15 is 0 Å². The van der Waals surface area contributed by atoms with Crippen LogP contribution in [0.3, 0.4) is 0 Å². The Morgan fingerprint density at radius 2 is 2.30 bits per heavy atom. The van der Waals surface area contributed by atoms with Crippen LogP contribution >= 0.6 is 0 Å². The highest BCUT2D eigenvalue weighted by molar-refractivity contribution is 5.82. The molecule has 1 atom stereocenters. The van der Waals surface area contributed by atoms with Crippen LogP contribution < -0.4 is 5.32 Å². The number of carbonyl (C=O) groups is 2. The van der Waals surface area contributed by atoms with Crippen LogP contribution in [0.2, 0.25) is 0 Å². The summed E-state index contributed by atoms with van der Waals surface area (Å²) in [4.78, 5) is 28.4. The van der Waals surface area contributed by atoms with Crippen LogP contribution in [0, 0.1) is 0 Å². The topological polar surface area (TPSA) is 96.7 Å². The van der Waals surface area contributed by atoms with Gasteiger partial charge in [-0.1, -0.05) is 0 Å². The lowest BCUT2D eigenvalue weighted by Gasteiger charge is -2.21. The van der Waals surface area contributed by atoms with Crippen molar-refractivity contribution in [3.8, 4) is 0 Å². The smallest absolute Gasteiger partial charge is 0.326 e. The molecule has 20 heavy (non-hydrogen) atoms. The van der Waals surface area contributed by atoms with Crippen LogP contribution in [0.5, 0.6) is 0 Å². The summed E-state index contributed by atoms with van der Waals surface area (Å²) >= 11 is 0. The van der Waals surface area contributed by atoms with E-state index in [1.807, 2.05) is 7.05 Å². The van der Waals surface area contributed by atoms with Crippen molar-refractivity contribution < 1.29 is 19.4 Å². The third kappa shape index (κ3) is 4.54. The van der Waals surface area contributed by atoms with Crippen LogP contribution in [-0.2, 0) is 23.1 Å². The van der Waals surface area contributed by atoms with Crippen molar-refractivity contribution in [2.75, 3.05) is 20.8 Å². The maximum atomic E-state index is 11.9. The molecular weight excluding hydrogens is 264 g/mol. The average molecular weight is 284 g/mol. The standard InChI is InChI=1S/C12H20N4O4/c1-15-6-5-13-10(15)8-16(2)12(19)14-9(11(17)18)4-7-20-3/h5-6,9H,4,7-8H2,1-3H3,(H,14,19)(H,17,18). The molecule has 1 aromatic rings. The van der Waals surface area contributed by atoms with Crippen molar-refractivity contribution in [3.63, 3.8) is 0 Å². The number of methoxy groups -OCH3 is 1. The summed E-state index contributed by atoms with van der Waals surface area (Å²) in [5, 5.41) is 11.5. The number of hydrogen-bond donors (Lipinski definition) is 2. The van der Waals surface area contributed by atoms with E-state index in [1.165, 1.54) is 12.0 Å². The third-order valence-electron chi connectivity index (χ3n) is 2.85. The molecule has 1 heterocycles. The van der Waals surface area contributed by atoms with Gasteiger partial charge in [0.25, 0.3) is 0 Å². The van der Waals surface area contributed by atoms with E-state index in [0.717, 1.165) is 0 Å². The lowest BCUT2D eigenvalue weighted by atomic mass is 10.2. The van der Waals surface area contributed by atoms with Gasteiger partial charge in [0, 0.05) is 46.6 Å². The van der Waals surface area contributed by atoms with Crippen molar-refractivity contribution in [2.45, 2.75) is 19.0 Å². The Balaban J connectivity index is 2.55. The second-order valence-corrected chi connectivity index (χ2v) is 4.43. The van der Waals surface area contributed by atoms with Gasteiger partial charge < -0.3 is 24.6 Å². The van der Waals surface area contributed by atoms with E-state index in [1.54, 1.807) is 24.0 Å². The number of carboxylic acids is 1. The van der Waals surface area contributed by atoms with Crippen LogP contribution in [0.4, 0.5) is 4.79 Å². The minimum atomic E-state index is -1.08. The van der Waals surface area contributed by atoms with Crippen LogP contribution in [0.25, 0.3) is 0 Å². The van der Waals surface area contributed by atoms with Crippen molar-refractivity contribution >= 4 is 12.0 Å². The van der Waals surface area contributed by atoms with Crippen LogP contribution in [0.1, 0.15) is 12.2 Å². The zero-order chi connectivity index (χ0) is 15.1. The van der Waals surface area contributed by atoms with E-state index in [4.69, 9.17) is 9.84 Å². The SMILES string of the molecule is COCCC(NC(=O)N(C)Cc1nccn1C)C(=O)O. The lowest BCUT2D eigenvalue weighted by Crippen LogP contribution is -2.47. The first-order chi connectivity index (χ1) is 9.45. The van der Waals surface area contributed by atoms with Gasteiger partial charge in [0.2, 0.25) is 0 Å². The number of aliphatic carboxylic acids is 1. The number of nitrogens with zero attached hydrogens (tertiary/aromatic N) is 3. The minimum absolute atomic E-state index is 0.216. The number of nitrogens with one attached hydrogen (secondary N) is 1. The fraction of sp³-hybridized carbons (Fsp3) is 0.583. The van der Waals surface area contributed by atoms with Gasteiger partial charge in [0.1, 0.15) is 11.9 Å². The molecule has 0 radical (unpaired) electrons. The molecule has 1 unspecified atom stereocenters. The molecular formula is C12H20N4O4. The molecule has 0 fully saturated rings. The van der Waals surface area contributed by atoms with E-state index in [9.17, 15) is 9.59 Å². The second kappa shape index (κ2) is 7.49. The van der Waals surface area contributed by atoms with E-state index in [2.05, 4.69) is 10.3 Å². The number of urea groups is 1. The quantitative estimate of drug-likeness (QED) is 0.737. The van der Waals surface area contributed by atoms with Gasteiger partial charge in [-0.3, -0.25) is 0 Å². The molecule has 0 aliphatic rings. The highest BCUT2D eigenvalue weighted by atomic mass is 16.5. The zero-order valence-corrected chi connectivity index (χ0v) is 11.9. The van der Waals surface area contributed by atoms with Gasteiger partial charge >= 0.3 is 12.0 Å². The Hall–Kier alpha value is -2.09. The minimum Gasteiger partial charge on any atom is -0.480 e. The first kappa shape index (κ1) is 16.0. The third-order valence-corrected chi connectivity index (χ3v) is 2.85. The summed E-state index contributed by atoms with van der Waals surface area (Å²) in [6, 6.07) is -1.43. The Kier molecular flexibility index (Phi) is 5.98. The van der Waals surface area contributed by atoms with Gasteiger partial charge in [-0.25, -0.2) is 14.6 Å². The molecule has 0 aliphatic heterocycles. The predicted molar refractivity (Wildman–Crippen MR) is 71.1 cm³/mol. The molecule has 0 bridgehead atoms. The van der Waals surface area contributed by atoms with Gasteiger partial charge in [-0.2, -0.15) is 0 Å². The van der Waals surface area contributed by atoms with Gasteiger partial charge in [0.05, 0.1) is 6.54 Å². The van der Waals surface area contributed by atoms with E-state index < -0.39 is 18.0 Å². The first-order valence-corrected chi connectivity index (χ1v) is 6.15. The number of imidazole rings is 1. The van der Waals surface area contributed by atoms with Gasteiger partial charge in [0.15, 0.2) is 0 Å². The molecule has 2 N–H and O–H groups in total. The fourth-order valence-corrected chi connectivity index (χ4v) is 1.59. The zero-order valence-electron chi connectivity index (χ0n) is 11.9. The average Bonchev–Trinajstić information content (AvgIpc) is 2.79. The number of hydrogen-bond acceptors (Lipinski definition) is 4. The number of aryl methyl sites for hydroxylation is 1. The molecule has 1 aromatic heterocycles. The molecule has 0 spiro atoms. The first-order valence-electron chi connectivity index (χ1n) is 6.15. The predicted octanol–water partition coefficient (Wildman–Crippen LogP) is 0.0512. The monoisotopic (exact) mass is 284 g/mol. The normalized spacial score (nSPS) is 11.9. The van der Waals surface area contributed by atoms with Crippen molar-refractivity contribution in [1.82, 2.24) is 19.8 Å². The molecule has 0 saturated carbocycles. The maximum absolute atomic E-state index is 11.9. The van der Waals surface area contributed by atoms with Gasteiger partial charge in [-0.05, 0) is 0 Å². The van der Waals surface area contributed by atoms with Crippen molar-refractivity contribution in [2.24, 2.45) is 7.05 Å². The molecule has 2 amide bonds. The largest absolute Gasteiger partial charge is 0.480 e. The fourth-order valence-electron chi connectivity index (χ4n) is 1.59. The van der Waals surface area contributed by atoms with Crippen LogP contribution in [0.15, 0.2) is 12.4 Å². The number of rotatable bonds is 7. The van der Waals surface area contributed by atoms with Crippen molar-refractivity contribution in [1.29, 1.82) is 0 Å². The summed E-state index contributed by atoms with van der Waals surface area (Å²) in [5.41, 5.74) is 0. The molecule has 0 saturated heterocycles. The Morgan fingerprint density at radius 1 is 1.60 bits per heavy atom. The number of amides is 2. The molecule has 112 valence electrons. The Morgan fingerprint density at radius 3 is 2.80 bits per heavy atom. The highest BCUT2D eigenvalue weighted by Crippen LogP contribution is 2.01. The summed E-state index contributed by atoms with van der Waals surface area (Å²) < 4.78 is 6.62. The molecule has 0 aliphatic carbocycles. The second-order valence-electron chi connectivity index (χ2n) is 4.43. The molecule has 8 heteroatoms. The molecule has 8 nitrogen and oxygen atoms in total. The Labute approximate surface area is 117 Å². The summed E-state index contributed by atoms with van der Waals surface area (Å²) in [6.07, 6.45) is 3.63. The Bertz CT molecular complexity index is 460. The maximum Gasteiger partial charge on any atom is 0.326 e.